The topological polar surface area (TPSA) is 77.0 Å². The van der Waals surface area contributed by atoms with E-state index >= 15 is 0 Å². The highest BCUT2D eigenvalue weighted by Crippen LogP contribution is 2.27. The second kappa shape index (κ2) is 7.35. The Labute approximate surface area is 154 Å². The van der Waals surface area contributed by atoms with Gasteiger partial charge in [0.25, 0.3) is 5.91 Å². The lowest BCUT2D eigenvalue weighted by molar-refractivity contribution is -0.130. The zero-order valence-electron chi connectivity index (χ0n) is 15.7. The summed E-state index contributed by atoms with van der Waals surface area (Å²) in [5.41, 5.74) is 1.75. The third-order valence-electron chi connectivity index (χ3n) is 5.25. The van der Waals surface area contributed by atoms with Crippen molar-refractivity contribution in [2.75, 3.05) is 31.6 Å². The molecule has 7 nitrogen and oxygen atoms in total. The van der Waals surface area contributed by atoms with Crippen molar-refractivity contribution in [1.29, 1.82) is 0 Å². The molecule has 3 amide bonds. The summed E-state index contributed by atoms with van der Waals surface area (Å²) >= 11 is 0. The van der Waals surface area contributed by atoms with Crippen LogP contribution in [0.5, 0.6) is 0 Å². The SMILES string of the molecule is CCC1(C)NC(=O)N(CCCNC(=NC)N2CCc3ccccc32)C1=O. The number of para-hydroxylation sites is 1. The third kappa shape index (κ3) is 3.25. The lowest BCUT2D eigenvalue weighted by Gasteiger charge is -2.23. The van der Waals surface area contributed by atoms with Crippen molar-refractivity contribution < 1.29 is 9.59 Å². The lowest BCUT2D eigenvalue weighted by Crippen LogP contribution is -2.43. The summed E-state index contributed by atoms with van der Waals surface area (Å²) in [7, 11) is 1.77. The molecule has 140 valence electrons. The van der Waals surface area contributed by atoms with Crippen LogP contribution in [-0.2, 0) is 11.2 Å². The quantitative estimate of drug-likeness (QED) is 0.364. The smallest absolute Gasteiger partial charge is 0.325 e. The highest BCUT2D eigenvalue weighted by molar-refractivity contribution is 6.06. The number of guanidine groups is 1. The van der Waals surface area contributed by atoms with E-state index in [1.54, 1.807) is 14.0 Å². The Morgan fingerprint density at radius 2 is 2.12 bits per heavy atom. The fraction of sp³-hybridized carbons (Fsp3) is 0.526. The highest BCUT2D eigenvalue weighted by atomic mass is 16.2. The number of nitrogens with zero attached hydrogens (tertiary/aromatic N) is 3. The molecule has 0 aromatic heterocycles. The summed E-state index contributed by atoms with van der Waals surface area (Å²) in [6.07, 6.45) is 2.27. The number of anilines is 1. The van der Waals surface area contributed by atoms with Crippen LogP contribution in [0.4, 0.5) is 10.5 Å². The van der Waals surface area contributed by atoms with E-state index in [0.29, 0.717) is 25.9 Å². The summed E-state index contributed by atoms with van der Waals surface area (Å²) in [6, 6.07) is 8.05. The average molecular weight is 357 g/mol. The fourth-order valence-electron chi connectivity index (χ4n) is 3.48. The molecular weight excluding hydrogens is 330 g/mol. The predicted octanol–water partition coefficient (Wildman–Crippen LogP) is 1.74. The Morgan fingerprint density at radius 1 is 1.35 bits per heavy atom. The molecule has 1 unspecified atom stereocenters. The van der Waals surface area contributed by atoms with Crippen LogP contribution in [0.2, 0.25) is 0 Å². The van der Waals surface area contributed by atoms with Crippen LogP contribution in [0.15, 0.2) is 29.3 Å². The van der Waals surface area contributed by atoms with Crippen molar-refractivity contribution in [3.63, 3.8) is 0 Å². The first-order valence-electron chi connectivity index (χ1n) is 9.20. The fourth-order valence-corrected chi connectivity index (χ4v) is 3.48. The lowest BCUT2D eigenvalue weighted by atomic mass is 9.99. The molecule has 0 spiro atoms. The Hall–Kier alpha value is -2.57. The van der Waals surface area contributed by atoms with Gasteiger partial charge in [-0.15, -0.1) is 0 Å². The largest absolute Gasteiger partial charge is 0.356 e. The van der Waals surface area contributed by atoms with Crippen molar-refractivity contribution in [3.8, 4) is 0 Å². The zero-order valence-corrected chi connectivity index (χ0v) is 15.7. The number of carbonyl (C=O) groups excluding carboxylic acids is 2. The van der Waals surface area contributed by atoms with E-state index in [1.165, 1.54) is 16.2 Å². The van der Waals surface area contributed by atoms with Crippen LogP contribution in [0.1, 0.15) is 32.3 Å². The first-order chi connectivity index (χ1) is 12.5. The molecule has 0 aliphatic carbocycles. The number of rotatable bonds is 5. The average Bonchev–Trinajstić information content (AvgIpc) is 3.16. The van der Waals surface area contributed by atoms with Crippen molar-refractivity contribution in [3.05, 3.63) is 29.8 Å². The summed E-state index contributed by atoms with van der Waals surface area (Å²) in [6.45, 7) is 5.63. The van der Waals surface area contributed by atoms with Gasteiger partial charge in [0, 0.05) is 32.4 Å². The monoisotopic (exact) mass is 357 g/mol. The predicted molar refractivity (Wildman–Crippen MR) is 102 cm³/mol. The molecule has 0 bridgehead atoms. The standard InChI is InChI=1S/C19H27N5O2/c1-4-19(2)16(25)24(18(26)22-19)12-7-11-21-17(20-3)23-13-10-14-8-5-6-9-15(14)23/h5-6,8-9H,4,7,10-13H2,1-3H3,(H,20,21)(H,22,26). The molecule has 2 aliphatic heterocycles. The number of carbonyl (C=O) groups is 2. The van der Waals surface area contributed by atoms with E-state index in [0.717, 1.165) is 18.9 Å². The summed E-state index contributed by atoms with van der Waals surface area (Å²) < 4.78 is 0. The van der Waals surface area contributed by atoms with Crippen LogP contribution in [-0.4, -0.2) is 55.0 Å². The number of benzene rings is 1. The number of nitrogens with one attached hydrogen (secondary N) is 2. The maximum Gasteiger partial charge on any atom is 0.325 e. The second-order valence-electron chi connectivity index (χ2n) is 6.93. The number of urea groups is 1. The molecule has 1 aromatic rings. The molecule has 1 atom stereocenters. The normalized spacial score (nSPS) is 22.7. The Kier molecular flexibility index (Phi) is 5.15. The maximum absolute atomic E-state index is 12.4. The van der Waals surface area contributed by atoms with Crippen molar-refractivity contribution >= 4 is 23.6 Å². The van der Waals surface area contributed by atoms with Gasteiger partial charge in [-0.3, -0.25) is 14.7 Å². The summed E-state index contributed by atoms with van der Waals surface area (Å²) in [4.78, 5) is 32.3. The van der Waals surface area contributed by atoms with Crippen molar-refractivity contribution in [1.82, 2.24) is 15.5 Å². The minimum Gasteiger partial charge on any atom is -0.356 e. The molecule has 7 heteroatoms. The van der Waals surface area contributed by atoms with Crippen LogP contribution in [0.25, 0.3) is 0 Å². The Balaban J connectivity index is 1.52. The molecule has 1 aromatic carbocycles. The van der Waals surface area contributed by atoms with Crippen molar-refractivity contribution in [2.45, 2.75) is 38.6 Å². The van der Waals surface area contributed by atoms with E-state index in [-0.39, 0.29) is 11.9 Å². The number of hydrogen-bond acceptors (Lipinski definition) is 3. The summed E-state index contributed by atoms with van der Waals surface area (Å²) in [5.74, 6) is 0.688. The molecule has 2 heterocycles. The van der Waals surface area contributed by atoms with Gasteiger partial charge in [0.05, 0.1) is 0 Å². The minimum atomic E-state index is -0.764. The first-order valence-corrected chi connectivity index (χ1v) is 9.20. The highest BCUT2D eigenvalue weighted by Gasteiger charge is 2.45. The van der Waals surface area contributed by atoms with Gasteiger partial charge in [0.15, 0.2) is 5.96 Å². The molecule has 26 heavy (non-hydrogen) atoms. The summed E-state index contributed by atoms with van der Waals surface area (Å²) in [5, 5.41) is 6.13. The van der Waals surface area contributed by atoms with E-state index in [9.17, 15) is 9.59 Å². The molecule has 2 N–H and O–H groups in total. The molecule has 0 saturated carbocycles. The van der Waals surface area contributed by atoms with E-state index in [1.807, 2.05) is 13.0 Å². The van der Waals surface area contributed by atoms with Crippen LogP contribution >= 0.6 is 0 Å². The Morgan fingerprint density at radius 3 is 2.81 bits per heavy atom. The van der Waals surface area contributed by atoms with Gasteiger partial charge < -0.3 is 15.5 Å². The third-order valence-corrected chi connectivity index (χ3v) is 5.25. The van der Waals surface area contributed by atoms with Gasteiger partial charge in [-0.25, -0.2) is 4.79 Å². The van der Waals surface area contributed by atoms with Crippen LogP contribution in [0.3, 0.4) is 0 Å². The van der Waals surface area contributed by atoms with Gasteiger partial charge in [0.2, 0.25) is 0 Å². The van der Waals surface area contributed by atoms with E-state index < -0.39 is 5.54 Å². The number of fused-ring (bicyclic) bond motifs is 1. The Bertz CT molecular complexity index is 732. The minimum absolute atomic E-state index is 0.136. The van der Waals surface area contributed by atoms with Gasteiger partial charge in [-0.1, -0.05) is 25.1 Å². The number of aliphatic imine (C=N–C) groups is 1. The van der Waals surface area contributed by atoms with Crippen LogP contribution < -0.4 is 15.5 Å². The molecule has 0 radical (unpaired) electrons. The number of amides is 3. The molecular formula is C19H27N5O2. The molecule has 3 rings (SSSR count). The van der Waals surface area contributed by atoms with Gasteiger partial charge in [-0.05, 0) is 37.8 Å². The second-order valence-corrected chi connectivity index (χ2v) is 6.93. The molecule has 2 aliphatic rings. The van der Waals surface area contributed by atoms with E-state index in [4.69, 9.17) is 0 Å². The molecule has 1 fully saturated rings. The van der Waals surface area contributed by atoms with Crippen molar-refractivity contribution in [2.24, 2.45) is 4.99 Å². The van der Waals surface area contributed by atoms with Gasteiger partial charge in [-0.2, -0.15) is 0 Å². The zero-order chi connectivity index (χ0) is 18.7. The van der Waals surface area contributed by atoms with E-state index in [2.05, 4.69) is 38.7 Å². The first kappa shape index (κ1) is 18.2. The number of imide groups is 1. The molecule has 1 saturated heterocycles. The number of hydrogen-bond donors (Lipinski definition) is 2. The van der Waals surface area contributed by atoms with Gasteiger partial charge >= 0.3 is 6.03 Å². The van der Waals surface area contributed by atoms with Crippen LogP contribution in [0, 0.1) is 0 Å². The van der Waals surface area contributed by atoms with Gasteiger partial charge in [0.1, 0.15) is 5.54 Å². The maximum atomic E-state index is 12.4.